The van der Waals surface area contributed by atoms with Crippen molar-refractivity contribution in [1.82, 2.24) is 10.2 Å². The van der Waals surface area contributed by atoms with Gasteiger partial charge < -0.3 is 10.2 Å². The summed E-state index contributed by atoms with van der Waals surface area (Å²) in [5.74, 6) is -2.23. The zero-order valence-electron chi connectivity index (χ0n) is 21.6. The van der Waals surface area contributed by atoms with Gasteiger partial charge in [0.1, 0.15) is 24.2 Å². The number of carbonyl (C=O) groups excluding carboxylic acids is 2. The first-order valence-corrected chi connectivity index (χ1v) is 14.3. The summed E-state index contributed by atoms with van der Waals surface area (Å²) in [4.78, 5) is 28.1. The van der Waals surface area contributed by atoms with Gasteiger partial charge in [0.15, 0.2) is 0 Å². The monoisotopic (exact) mass is 555 g/mol. The van der Waals surface area contributed by atoms with E-state index in [4.69, 9.17) is 0 Å². The van der Waals surface area contributed by atoms with Crippen LogP contribution in [0.1, 0.15) is 38.2 Å². The first-order valence-electron chi connectivity index (χ1n) is 12.8. The summed E-state index contributed by atoms with van der Waals surface area (Å²) in [5.41, 5.74) is 0.258. The van der Waals surface area contributed by atoms with Crippen molar-refractivity contribution in [1.29, 1.82) is 0 Å². The highest BCUT2D eigenvalue weighted by Gasteiger charge is 2.33. The molecule has 1 aliphatic carbocycles. The third-order valence-electron chi connectivity index (χ3n) is 6.89. The standard InChI is InChI=1S/C29H31F2N3O4S/c1-21(29(36)32-24-10-6-7-11-24)33(19-22-9-5-8-14-27(22)31)28(35)20-34(25-17-15-23(30)16-18-25)39(37,38)26-12-3-2-4-13-26/h2-5,8-9,12-18,21,24H,6-7,10-11,19-20H2,1H3,(H,32,36)/t21-/m0/s1. The first-order chi connectivity index (χ1) is 18.7. The Kier molecular flexibility index (Phi) is 8.96. The summed E-state index contributed by atoms with van der Waals surface area (Å²) in [6.45, 7) is 0.614. The highest BCUT2D eigenvalue weighted by Crippen LogP contribution is 2.25. The van der Waals surface area contributed by atoms with Crippen LogP contribution in [-0.2, 0) is 26.2 Å². The minimum atomic E-state index is -4.25. The molecular formula is C29H31F2N3O4S. The number of benzene rings is 3. The van der Waals surface area contributed by atoms with Crippen LogP contribution in [0.15, 0.2) is 83.8 Å². The number of sulfonamides is 1. The van der Waals surface area contributed by atoms with Crippen molar-refractivity contribution < 1.29 is 26.8 Å². The lowest BCUT2D eigenvalue weighted by Crippen LogP contribution is -2.52. The molecule has 0 bridgehead atoms. The molecule has 0 heterocycles. The lowest BCUT2D eigenvalue weighted by molar-refractivity contribution is -0.139. The van der Waals surface area contributed by atoms with E-state index >= 15 is 0 Å². The van der Waals surface area contributed by atoms with Crippen molar-refractivity contribution in [2.45, 2.75) is 56.1 Å². The van der Waals surface area contributed by atoms with E-state index in [1.54, 1.807) is 24.3 Å². The van der Waals surface area contributed by atoms with E-state index in [9.17, 15) is 26.8 Å². The molecule has 0 radical (unpaired) electrons. The molecule has 1 aliphatic rings. The maximum atomic E-state index is 14.6. The van der Waals surface area contributed by atoms with Crippen LogP contribution in [0.4, 0.5) is 14.5 Å². The molecule has 1 atom stereocenters. The zero-order valence-corrected chi connectivity index (χ0v) is 22.4. The van der Waals surface area contributed by atoms with Crippen molar-refractivity contribution in [3.05, 3.63) is 96.1 Å². The number of halogens is 2. The van der Waals surface area contributed by atoms with Gasteiger partial charge in [-0.15, -0.1) is 0 Å². The van der Waals surface area contributed by atoms with E-state index in [1.807, 2.05) is 0 Å². The summed E-state index contributed by atoms with van der Waals surface area (Å²) in [6.07, 6.45) is 3.68. The van der Waals surface area contributed by atoms with Crippen LogP contribution in [0.3, 0.4) is 0 Å². The number of rotatable bonds is 10. The Hall–Kier alpha value is -3.79. The van der Waals surface area contributed by atoms with Crippen LogP contribution in [0.5, 0.6) is 0 Å². The second-order valence-corrected chi connectivity index (χ2v) is 11.4. The minimum absolute atomic E-state index is 0.000430. The number of nitrogens with zero attached hydrogens (tertiary/aromatic N) is 2. The van der Waals surface area contributed by atoms with Gasteiger partial charge in [0.05, 0.1) is 10.6 Å². The highest BCUT2D eigenvalue weighted by atomic mass is 32.2. The Balaban J connectivity index is 1.68. The van der Waals surface area contributed by atoms with E-state index in [1.165, 1.54) is 54.3 Å². The molecule has 1 N–H and O–H groups in total. The Morgan fingerprint density at radius 1 is 0.923 bits per heavy atom. The minimum Gasteiger partial charge on any atom is -0.352 e. The maximum Gasteiger partial charge on any atom is 0.264 e. The Morgan fingerprint density at radius 3 is 2.18 bits per heavy atom. The van der Waals surface area contributed by atoms with Crippen LogP contribution in [0, 0.1) is 11.6 Å². The zero-order chi connectivity index (χ0) is 28.0. The predicted octanol–water partition coefficient (Wildman–Crippen LogP) is 4.64. The van der Waals surface area contributed by atoms with Gasteiger partial charge in [0, 0.05) is 18.2 Å². The smallest absolute Gasteiger partial charge is 0.264 e. The third-order valence-corrected chi connectivity index (χ3v) is 8.68. The number of carbonyl (C=O) groups is 2. The molecule has 4 rings (SSSR count). The molecule has 10 heteroatoms. The molecule has 0 aliphatic heterocycles. The molecule has 0 aromatic heterocycles. The van der Waals surface area contributed by atoms with Gasteiger partial charge in [0.25, 0.3) is 10.0 Å². The van der Waals surface area contributed by atoms with Gasteiger partial charge in [-0.2, -0.15) is 0 Å². The molecule has 1 fully saturated rings. The SMILES string of the molecule is C[C@@H](C(=O)NC1CCCC1)N(Cc1ccccc1F)C(=O)CN(c1ccc(F)cc1)S(=O)(=O)c1ccccc1. The number of nitrogens with one attached hydrogen (secondary N) is 1. The van der Waals surface area contributed by atoms with Crippen molar-refractivity contribution in [2.75, 3.05) is 10.8 Å². The summed E-state index contributed by atoms with van der Waals surface area (Å²) in [6, 6.07) is 17.2. The van der Waals surface area contributed by atoms with Gasteiger partial charge in [0.2, 0.25) is 11.8 Å². The lowest BCUT2D eigenvalue weighted by Gasteiger charge is -2.32. The molecule has 1 saturated carbocycles. The molecule has 39 heavy (non-hydrogen) atoms. The van der Waals surface area contributed by atoms with Crippen LogP contribution in [0.2, 0.25) is 0 Å². The molecule has 0 spiro atoms. The van der Waals surface area contributed by atoms with Gasteiger partial charge in [-0.3, -0.25) is 13.9 Å². The van der Waals surface area contributed by atoms with Crippen LogP contribution in [-0.4, -0.2) is 43.8 Å². The normalized spacial score (nSPS) is 14.5. The lowest BCUT2D eigenvalue weighted by atomic mass is 10.1. The average molecular weight is 556 g/mol. The molecule has 3 aromatic carbocycles. The third kappa shape index (κ3) is 6.81. The molecule has 206 valence electrons. The van der Waals surface area contributed by atoms with Gasteiger partial charge in [-0.1, -0.05) is 49.2 Å². The van der Waals surface area contributed by atoms with E-state index in [0.717, 1.165) is 42.1 Å². The Morgan fingerprint density at radius 2 is 1.54 bits per heavy atom. The fourth-order valence-electron chi connectivity index (χ4n) is 4.64. The van der Waals surface area contributed by atoms with E-state index in [2.05, 4.69) is 5.32 Å². The molecule has 0 unspecified atom stereocenters. The van der Waals surface area contributed by atoms with Crippen molar-refractivity contribution >= 4 is 27.5 Å². The summed E-state index contributed by atoms with van der Waals surface area (Å²) in [5, 5.41) is 2.96. The van der Waals surface area contributed by atoms with Crippen LogP contribution < -0.4 is 9.62 Å². The second-order valence-electron chi connectivity index (χ2n) is 9.58. The fourth-order valence-corrected chi connectivity index (χ4v) is 6.08. The van der Waals surface area contributed by atoms with Crippen molar-refractivity contribution in [2.24, 2.45) is 0 Å². The van der Waals surface area contributed by atoms with Crippen LogP contribution in [0.25, 0.3) is 0 Å². The topological polar surface area (TPSA) is 86.8 Å². The average Bonchev–Trinajstić information content (AvgIpc) is 3.45. The van der Waals surface area contributed by atoms with E-state index in [-0.39, 0.29) is 28.7 Å². The van der Waals surface area contributed by atoms with E-state index < -0.39 is 46.1 Å². The van der Waals surface area contributed by atoms with Gasteiger partial charge >= 0.3 is 0 Å². The molecule has 7 nitrogen and oxygen atoms in total. The quantitative estimate of drug-likeness (QED) is 0.395. The fraction of sp³-hybridized carbons (Fsp3) is 0.310. The maximum absolute atomic E-state index is 14.6. The van der Waals surface area contributed by atoms with Crippen molar-refractivity contribution in [3.8, 4) is 0 Å². The molecule has 3 aromatic rings. The Labute approximate surface area is 227 Å². The summed E-state index contributed by atoms with van der Waals surface area (Å²) < 4.78 is 56.4. The Bertz CT molecular complexity index is 1400. The van der Waals surface area contributed by atoms with Crippen molar-refractivity contribution in [3.63, 3.8) is 0 Å². The van der Waals surface area contributed by atoms with Gasteiger partial charge in [-0.25, -0.2) is 17.2 Å². The predicted molar refractivity (Wildman–Crippen MR) is 144 cm³/mol. The highest BCUT2D eigenvalue weighted by molar-refractivity contribution is 7.92. The second kappa shape index (κ2) is 12.4. The number of hydrogen-bond acceptors (Lipinski definition) is 4. The first kappa shape index (κ1) is 28.2. The number of hydrogen-bond donors (Lipinski definition) is 1. The largest absolute Gasteiger partial charge is 0.352 e. The number of amides is 2. The summed E-state index contributed by atoms with van der Waals surface area (Å²) >= 11 is 0. The number of anilines is 1. The molecule has 0 saturated heterocycles. The van der Waals surface area contributed by atoms with E-state index in [0.29, 0.717) is 0 Å². The summed E-state index contributed by atoms with van der Waals surface area (Å²) in [7, 11) is -4.25. The molecule has 2 amide bonds. The van der Waals surface area contributed by atoms with Crippen LogP contribution >= 0.6 is 0 Å². The van der Waals surface area contributed by atoms with Gasteiger partial charge in [-0.05, 0) is 62.2 Å². The molecular weight excluding hydrogens is 524 g/mol.